The number of sulfonamides is 1. The summed E-state index contributed by atoms with van der Waals surface area (Å²) in [6.07, 6.45) is 0. The monoisotopic (exact) mass is 370 g/mol. The maximum atomic E-state index is 12.3. The Morgan fingerprint density at radius 3 is 2.48 bits per heavy atom. The second-order valence-corrected chi connectivity index (χ2v) is 7.01. The van der Waals surface area contributed by atoms with Gasteiger partial charge in [0.15, 0.2) is 0 Å². The third-order valence-corrected chi connectivity index (χ3v) is 4.96. The zero-order valence-corrected chi connectivity index (χ0v) is 14.0. The number of hydrogen-bond acceptors (Lipinski definition) is 4. The van der Waals surface area contributed by atoms with Gasteiger partial charge in [0.25, 0.3) is 10.0 Å². The Morgan fingerprint density at radius 1 is 1.19 bits per heavy atom. The van der Waals surface area contributed by atoms with Crippen molar-refractivity contribution in [3.05, 3.63) is 46.4 Å². The number of hydrogen-bond donors (Lipinski definition) is 2. The predicted octanol–water partition coefficient (Wildman–Crippen LogP) is 3.15. The Labute approximate surface area is 132 Å². The molecule has 0 spiro atoms. The molecule has 0 heterocycles. The third-order valence-electron chi connectivity index (χ3n) is 2.97. The number of halogens is 1. The molecule has 0 aliphatic carbocycles. The molecular formula is C14H15BrN2O3S. The Bertz CT molecular complexity index is 776. The fourth-order valence-corrected chi connectivity index (χ4v) is 3.50. The molecule has 0 aliphatic heterocycles. The number of nitrogens with two attached hydrogens (primary N) is 1. The first-order valence-corrected chi connectivity index (χ1v) is 8.33. The fraction of sp³-hybridized carbons (Fsp3) is 0.143. The maximum Gasteiger partial charge on any atom is 0.261 e. The van der Waals surface area contributed by atoms with Gasteiger partial charge >= 0.3 is 0 Å². The lowest BCUT2D eigenvalue weighted by Crippen LogP contribution is -2.13. The molecular weight excluding hydrogens is 356 g/mol. The number of benzene rings is 2. The number of methoxy groups -OCH3 is 1. The van der Waals surface area contributed by atoms with Crippen LogP contribution in [0.4, 0.5) is 11.4 Å². The molecule has 0 amide bonds. The Hall–Kier alpha value is -1.73. The molecule has 0 unspecified atom stereocenters. The Kier molecular flexibility index (Phi) is 4.43. The van der Waals surface area contributed by atoms with E-state index in [4.69, 9.17) is 10.5 Å². The average Bonchev–Trinajstić information content (AvgIpc) is 2.42. The van der Waals surface area contributed by atoms with Crippen molar-refractivity contribution in [1.29, 1.82) is 0 Å². The van der Waals surface area contributed by atoms with E-state index in [9.17, 15) is 8.42 Å². The first kappa shape index (κ1) is 15.7. The molecule has 7 heteroatoms. The summed E-state index contributed by atoms with van der Waals surface area (Å²) in [5.74, 6) is 0.563. The summed E-state index contributed by atoms with van der Waals surface area (Å²) in [4.78, 5) is 0.134. The van der Waals surface area contributed by atoms with E-state index in [0.717, 1.165) is 5.56 Å². The van der Waals surface area contributed by atoms with Gasteiger partial charge in [-0.3, -0.25) is 4.72 Å². The van der Waals surface area contributed by atoms with Gasteiger partial charge in [-0.2, -0.15) is 0 Å². The lowest BCUT2D eigenvalue weighted by molar-refractivity contribution is 0.411. The van der Waals surface area contributed by atoms with Gasteiger partial charge in [-0.25, -0.2) is 8.42 Å². The number of rotatable bonds is 4. The smallest absolute Gasteiger partial charge is 0.261 e. The van der Waals surface area contributed by atoms with E-state index < -0.39 is 10.0 Å². The zero-order chi connectivity index (χ0) is 15.6. The van der Waals surface area contributed by atoms with Crippen molar-refractivity contribution in [3.63, 3.8) is 0 Å². The number of ether oxygens (including phenoxy) is 1. The van der Waals surface area contributed by atoms with Gasteiger partial charge < -0.3 is 10.5 Å². The van der Waals surface area contributed by atoms with E-state index in [1.54, 1.807) is 24.3 Å². The largest absolute Gasteiger partial charge is 0.496 e. The number of nitrogens with one attached hydrogen (secondary N) is 1. The van der Waals surface area contributed by atoms with Crippen LogP contribution in [0.25, 0.3) is 0 Å². The molecule has 0 atom stereocenters. The quantitative estimate of drug-likeness (QED) is 0.809. The molecule has 2 aromatic carbocycles. The summed E-state index contributed by atoms with van der Waals surface area (Å²) < 4.78 is 32.8. The van der Waals surface area contributed by atoms with Crippen molar-refractivity contribution in [2.75, 3.05) is 17.6 Å². The lowest BCUT2D eigenvalue weighted by Gasteiger charge is -2.11. The molecule has 3 N–H and O–H groups in total. The first-order valence-electron chi connectivity index (χ1n) is 6.06. The van der Waals surface area contributed by atoms with Crippen LogP contribution in [0.5, 0.6) is 5.75 Å². The summed E-state index contributed by atoms with van der Waals surface area (Å²) in [5, 5.41) is 0. The van der Waals surface area contributed by atoms with Crippen molar-refractivity contribution >= 4 is 37.3 Å². The van der Waals surface area contributed by atoms with E-state index in [2.05, 4.69) is 20.7 Å². The summed E-state index contributed by atoms with van der Waals surface area (Å²) in [5.41, 5.74) is 7.63. The SMILES string of the molecule is COc1ccc(S(=O)(=O)Nc2ccc(C)c(N)c2)cc1Br. The van der Waals surface area contributed by atoms with Gasteiger partial charge in [-0.15, -0.1) is 0 Å². The molecule has 5 nitrogen and oxygen atoms in total. The zero-order valence-electron chi connectivity index (χ0n) is 11.6. The second kappa shape index (κ2) is 5.95. The van der Waals surface area contributed by atoms with E-state index in [1.807, 2.05) is 6.92 Å². The van der Waals surface area contributed by atoms with Crippen molar-refractivity contribution in [2.45, 2.75) is 11.8 Å². The molecule has 0 bridgehead atoms. The van der Waals surface area contributed by atoms with Crippen molar-refractivity contribution in [1.82, 2.24) is 0 Å². The second-order valence-electron chi connectivity index (χ2n) is 4.47. The van der Waals surface area contributed by atoms with Crippen LogP contribution in [0.3, 0.4) is 0 Å². The van der Waals surface area contributed by atoms with Crippen LogP contribution >= 0.6 is 15.9 Å². The number of aryl methyl sites for hydroxylation is 1. The first-order chi connectivity index (χ1) is 9.83. The van der Waals surface area contributed by atoms with Crippen LogP contribution in [-0.2, 0) is 10.0 Å². The van der Waals surface area contributed by atoms with E-state index in [-0.39, 0.29) is 4.90 Å². The van der Waals surface area contributed by atoms with Crippen LogP contribution in [-0.4, -0.2) is 15.5 Å². The summed E-state index contributed by atoms with van der Waals surface area (Å²) >= 11 is 3.27. The minimum Gasteiger partial charge on any atom is -0.496 e. The van der Waals surface area contributed by atoms with Gasteiger partial charge in [0.05, 0.1) is 22.2 Å². The minimum absolute atomic E-state index is 0.134. The van der Waals surface area contributed by atoms with Crippen molar-refractivity contribution in [3.8, 4) is 5.75 Å². The lowest BCUT2D eigenvalue weighted by atomic mass is 10.2. The fourth-order valence-electron chi connectivity index (χ4n) is 1.73. The summed E-state index contributed by atoms with van der Waals surface area (Å²) in [6.45, 7) is 1.86. The number of anilines is 2. The predicted molar refractivity (Wildman–Crippen MR) is 87.1 cm³/mol. The molecule has 2 aromatic rings. The van der Waals surface area contributed by atoms with Gasteiger partial charge in [0.2, 0.25) is 0 Å². The molecule has 0 saturated heterocycles. The molecule has 0 fully saturated rings. The Balaban J connectivity index is 2.33. The van der Waals surface area contributed by atoms with Gasteiger partial charge in [0, 0.05) is 5.69 Å². The average molecular weight is 371 g/mol. The van der Waals surface area contributed by atoms with Gasteiger partial charge in [-0.1, -0.05) is 6.07 Å². The van der Waals surface area contributed by atoms with E-state index in [1.165, 1.54) is 19.2 Å². The topological polar surface area (TPSA) is 81.4 Å². The van der Waals surface area contributed by atoms with Crippen LogP contribution in [0, 0.1) is 6.92 Å². The maximum absolute atomic E-state index is 12.3. The molecule has 0 aromatic heterocycles. The van der Waals surface area contributed by atoms with Gasteiger partial charge in [-0.05, 0) is 58.7 Å². The highest BCUT2D eigenvalue weighted by Crippen LogP contribution is 2.28. The third kappa shape index (κ3) is 3.48. The molecule has 0 saturated carbocycles. The standard InChI is InChI=1S/C14H15BrN2O3S/c1-9-3-4-10(7-13(9)16)17-21(18,19)11-5-6-14(20-2)12(15)8-11/h3-8,17H,16H2,1-2H3. The Morgan fingerprint density at radius 2 is 1.90 bits per heavy atom. The highest BCUT2D eigenvalue weighted by Gasteiger charge is 2.16. The van der Waals surface area contributed by atoms with Crippen LogP contribution in [0.1, 0.15) is 5.56 Å². The van der Waals surface area contributed by atoms with Crippen molar-refractivity contribution in [2.24, 2.45) is 0 Å². The molecule has 112 valence electrons. The highest BCUT2D eigenvalue weighted by molar-refractivity contribution is 9.10. The van der Waals surface area contributed by atoms with Crippen molar-refractivity contribution < 1.29 is 13.2 Å². The summed E-state index contributed by atoms with van der Waals surface area (Å²) in [7, 11) is -2.17. The number of nitrogen functional groups attached to an aromatic ring is 1. The van der Waals surface area contributed by atoms with Crippen LogP contribution < -0.4 is 15.2 Å². The van der Waals surface area contributed by atoms with E-state index in [0.29, 0.717) is 21.6 Å². The minimum atomic E-state index is -3.68. The van der Waals surface area contributed by atoms with Crippen LogP contribution in [0.2, 0.25) is 0 Å². The highest BCUT2D eigenvalue weighted by atomic mass is 79.9. The van der Waals surface area contributed by atoms with E-state index >= 15 is 0 Å². The molecule has 2 rings (SSSR count). The summed E-state index contributed by atoms with van der Waals surface area (Å²) in [6, 6.07) is 9.56. The normalized spacial score (nSPS) is 11.2. The van der Waals surface area contributed by atoms with Crippen LogP contribution in [0.15, 0.2) is 45.8 Å². The van der Waals surface area contributed by atoms with Gasteiger partial charge in [0.1, 0.15) is 5.75 Å². The molecule has 0 aliphatic rings. The molecule has 21 heavy (non-hydrogen) atoms. The molecule has 0 radical (unpaired) electrons.